The molecule has 0 fully saturated rings. The zero-order chi connectivity index (χ0) is 14.0. The molecule has 2 nitrogen and oxygen atoms in total. The van der Waals surface area contributed by atoms with Gasteiger partial charge in [-0.25, -0.2) is 0 Å². The zero-order valence-corrected chi connectivity index (χ0v) is 12.1. The summed E-state index contributed by atoms with van der Waals surface area (Å²) in [5.41, 5.74) is 3.39. The summed E-state index contributed by atoms with van der Waals surface area (Å²) in [4.78, 5) is 12.1. The van der Waals surface area contributed by atoms with Crippen LogP contribution < -0.4 is 5.32 Å². The first-order valence-electron chi connectivity index (χ1n) is 5.81. The number of benzene rings is 2. The fraction of sp³-hybridized carbons (Fsp3) is 0.133. The van der Waals surface area contributed by atoms with Crippen LogP contribution in [0.25, 0.3) is 0 Å². The average molecular weight is 294 g/mol. The summed E-state index contributed by atoms with van der Waals surface area (Å²) in [6.07, 6.45) is 0. The number of aryl methyl sites for hydroxylation is 2. The van der Waals surface area contributed by atoms with E-state index in [9.17, 15) is 4.79 Å². The maximum Gasteiger partial charge on any atom is 0.255 e. The van der Waals surface area contributed by atoms with E-state index in [0.29, 0.717) is 15.6 Å². The monoisotopic (exact) mass is 293 g/mol. The molecule has 19 heavy (non-hydrogen) atoms. The Balaban J connectivity index is 2.25. The van der Waals surface area contributed by atoms with Gasteiger partial charge in [-0.2, -0.15) is 0 Å². The Morgan fingerprint density at radius 1 is 1.00 bits per heavy atom. The van der Waals surface area contributed by atoms with E-state index in [4.69, 9.17) is 23.2 Å². The van der Waals surface area contributed by atoms with Crippen molar-refractivity contribution in [3.8, 4) is 0 Å². The van der Waals surface area contributed by atoms with Crippen LogP contribution in [0, 0.1) is 13.8 Å². The van der Waals surface area contributed by atoms with Crippen LogP contribution in [-0.4, -0.2) is 5.91 Å². The molecule has 0 aromatic heterocycles. The molecule has 0 aliphatic carbocycles. The Labute approximate surface area is 122 Å². The molecule has 0 saturated carbocycles. The lowest BCUT2D eigenvalue weighted by Crippen LogP contribution is -2.12. The molecule has 0 spiro atoms. The third-order valence-corrected chi connectivity index (χ3v) is 3.56. The van der Waals surface area contributed by atoms with Gasteiger partial charge in [0.15, 0.2) is 0 Å². The molecule has 98 valence electrons. The maximum absolute atomic E-state index is 12.1. The van der Waals surface area contributed by atoms with Gasteiger partial charge in [-0.15, -0.1) is 0 Å². The Morgan fingerprint density at radius 2 is 1.74 bits per heavy atom. The summed E-state index contributed by atoms with van der Waals surface area (Å²) in [6, 6.07) is 10.7. The van der Waals surface area contributed by atoms with Crippen LogP contribution in [0.5, 0.6) is 0 Å². The van der Waals surface area contributed by atoms with Gasteiger partial charge in [0.2, 0.25) is 0 Å². The van der Waals surface area contributed by atoms with Gasteiger partial charge in [0, 0.05) is 11.3 Å². The van der Waals surface area contributed by atoms with Crippen molar-refractivity contribution in [1.29, 1.82) is 0 Å². The highest BCUT2D eigenvalue weighted by Gasteiger charge is 2.09. The predicted molar refractivity (Wildman–Crippen MR) is 80.3 cm³/mol. The van der Waals surface area contributed by atoms with Gasteiger partial charge in [0.1, 0.15) is 0 Å². The summed E-state index contributed by atoms with van der Waals surface area (Å²) in [5.74, 6) is -0.202. The number of amides is 1. The minimum atomic E-state index is -0.202. The van der Waals surface area contributed by atoms with Crippen molar-refractivity contribution >= 4 is 34.8 Å². The zero-order valence-electron chi connectivity index (χ0n) is 10.6. The van der Waals surface area contributed by atoms with E-state index in [-0.39, 0.29) is 5.91 Å². The number of hydrogen-bond acceptors (Lipinski definition) is 1. The molecular formula is C15H13Cl2NO. The molecule has 2 rings (SSSR count). The molecule has 4 heteroatoms. The van der Waals surface area contributed by atoms with Gasteiger partial charge < -0.3 is 5.32 Å². The van der Waals surface area contributed by atoms with Gasteiger partial charge >= 0.3 is 0 Å². The van der Waals surface area contributed by atoms with E-state index in [1.165, 1.54) is 0 Å². The van der Waals surface area contributed by atoms with Crippen molar-refractivity contribution in [2.24, 2.45) is 0 Å². The molecule has 0 aliphatic rings. The molecular weight excluding hydrogens is 281 g/mol. The van der Waals surface area contributed by atoms with Crippen molar-refractivity contribution in [3.05, 3.63) is 63.1 Å². The van der Waals surface area contributed by atoms with Gasteiger partial charge in [-0.05, 0) is 49.2 Å². The van der Waals surface area contributed by atoms with E-state index < -0.39 is 0 Å². The quantitative estimate of drug-likeness (QED) is 0.841. The normalized spacial score (nSPS) is 10.3. The highest BCUT2D eigenvalue weighted by molar-refractivity contribution is 6.42. The summed E-state index contributed by atoms with van der Waals surface area (Å²) in [7, 11) is 0. The van der Waals surface area contributed by atoms with E-state index in [1.54, 1.807) is 18.2 Å². The van der Waals surface area contributed by atoms with Crippen LogP contribution in [0.2, 0.25) is 10.0 Å². The second-order valence-corrected chi connectivity index (χ2v) is 5.22. The smallest absolute Gasteiger partial charge is 0.255 e. The first kappa shape index (κ1) is 13.9. The molecule has 0 aliphatic heterocycles. The number of nitrogens with one attached hydrogen (secondary N) is 1. The molecule has 0 saturated heterocycles. The Hall–Kier alpha value is -1.51. The lowest BCUT2D eigenvalue weighted by Gasteiger charge is -2.09. The van der Waals surface area contributed by atoms with Crippen molar-refractivity contribution in [3.63, 3.8) is 0 Å². The van der Waals surface area contributed by atoms with Crippen molar-refractivity contribution in [1.82, 2.24) is 0 Å². The maximum atomic E-state index is 12.1. The second kappa shape index (κ2) is 5.64. The Morgan fingerprint density at radius 3 is 2.42 bits per heavy atom. The largest absolute Gasteiger partial charge is 0.322 e. The predicted octanol–water partition coefficient (Wildman–Crippen LogP) is 4.86. The van der Waals surface area contributed by atoms with Crippen molar-refractivity contribution in [2.45, 2.75) is 13.8 Å². The van der Waals surface area contributed by atoms with Gasteiger partial charge in [0.25, 0.3) is 5.91 Å². The molecule has 2 aromatic carbocycles. The molecule has 0 atom stereocenters. The first-order valence-corrected chi connectivity index (χ1v) is 6.56. The number of anilines is 1. The van der Waals surface area contributed by atoms with Crippen LogP contribution in [0.15, 0.2) is 36.4 Å². The summed E-state index contributed by atoms with van der Waals surface area (Å²) in [6.45, 7) is 3.93. The van der Waals surface area contributed by atoms with E-state index in [0.717, 1.165) is 16.8 Å². The Bertz CT molecular complexity index is 638. The van der Waals surface area contributed by atoms with Crippen molar-refractivity contribution in [2.75, 3.05) is 5.32 Å². The summed E-state index contributed by atoms with van der Waals surface area (Å²) < 4.78 is 0. The molecule has 0 bridgehead atoms. The third-order valence-electron chi connectivity index (χ3n) is 2.82. The number of carbonyl (C=O) groups excluding carboxylic acids is 1. The van der Waals surface area contributed by atoms with Gasteiger partial charge in [-0.1, -0.05) is 35.3 Å². The average Bonchev–Trinajstić information content (AvgIpc) is 2.37. The lowest BCUT2D eigenvalue weighted by molar-refractivity contribution is 0.102. The molecule has 0 unspecified atom stereocenters. The van der Waals surface area contributed by atoms with Crippen LogP contribution in [0.3, 0.4) is 0 Å². The van der Waals surface area contributed by atoms with Gasteiger partial charge in [-0.3, -0.25) is 4.79 Å². The highest BCUT2D eigenvalue weighted by atomic mass is 35.5. The Kier molecular flexibility index (Phi) is 4.13. The topological polar surface area (TPSA) is 29.1 Å². The molecule has 1 amide bonds. The third kappa shape index (κ3) is 3.28. The van der Waals surface area contributed by atoms with Gasteiger partial charge in [0.05, 0.1) is 10.0 Å². The molecule has 0 radical (unpaired) electrons. The molecule has 0 heterocycles. The number of hydrogen-bond donors (Lipinski definition) is 1. The lowest BCUT2D eigenvalue weighted by atomic mass is 10.1. The first-order chi connectivity index (χ1) is 8.97. The minimum absolute atomic E-state index is 0.202. The van der Waals surface area contributed by atoms with Crippen molar-refractivity contribution < 1.29 is 4.79 Å². The van der Waals surface area contributed by atoms with E-state index in [2.05, 4.69) is 5.32 Å². The fourth-order valence-electron chi connectivity index (χ4n) is 1.70. The highest BCUT2D eigenvalue weighted by Crippen LogP contribution is 2.23. The fourth-order valence-corrected chi connectivity index (χ4v) is 2.00. The second-order valence-electron chi connectivity index (χ2n) is 4.40. The van der Waals surface area contributed by atoms with Crippen LogP contribution in [-0.2, 0) is 0 Å². The van der Waals surface area contributed by atoms with Crippen LogP contribution >= 0.6 is 23.2 Å². The number of carbonyl (C=O) groups is 1. The van der Waals surface area contributed by atoms with Crippen LogP contribution in [0.1, 0.15) is 21.5 Å². The molecule has 2 aromatic rings. The standard InChI is InChI=1S/C15H13Cl2NO/c1-9-3-4-10(2)14(7-9)18-15(19)11-5-6-12(16)13(17)8-11/h3-8H,1-2H3,(H,18,19). The minimum Gasteiger partial charge on any atom is -0.322 e. The summed E-state index contributed by atoms with van der Waals surface area (Å²) in [5, 5.41) is 3.68. The van der Waals surface area contributed by atoms with E-state index >= 15 is 0 Å². The number of rotatable bonds is 2. The van der Waals surface area contributed by atoms with E-state index in [1.807, 2.05) is 32.0 Å². The number of halogens is 2. The SMILES string of the molecule is Cc1ccc(C)c(NC(=O)c2ccc(Cl)c(Cl)c2)c1. The molecule has 1 N–H and O–H groups in total. The van der Waals surface area contributed by atoms with Crippen LogP contribution in [0.4, 0.5) is 5.69 Å². The summed E-state index contributed by atoms with van der Waals surface area (Å²) >= 11 is 11.7.